The Balaban J connectivity index is 3.17. The van der Waals surface area contributed by atoms with Crippen LogP contribution in [0.4, 0.5) is 3.89 Å². The summed E-state index contributed by atoms with van der Waals surface area (Å²) in [6.45, 7) is -1.35. The van der Waals surface area contributed by atoms with Gasteiger partial charge in [0.2, 0.25) is 4.75 Å². The third-order valence-electron chi connectivity index (χ3n) is 1.92. The SMILES string of the molecule is NC1=NCC(C(=O)O)(S(=O)(=O)F)CN1. The Kier molecular flexibility index (Phi) is 2.36. The first-order valence-corrected chi connectivity index (χ1v) is 4.89. The number of guanidine groups is 1. The Labute approximate surface area is 79.0 Å². The van der Waals surface area contributed by atoms with Crippen LogP contribution in [0.5, 0.6) is 0 Å². The van der Waals surface area contributed by atoms with Gasteiger partial charge in [0.1, 0.15) is 0 Å². The van der Waals surface area contributed by atoms with E-state index in [1.54, 1.807) is 0 Å². The van der Waals surface area contributed by atoms with Crippen LogP contribution in [0.1, 0.15) is 0 Å². The van der Waals surface area contributed by atoms with E-state index in [0.29, 0.717) is 0 Å². The molecule has 1 aliphatic rings. The summed E-state index contributed by atoms with van der Waals surface area (Å²) in [5, 5.41) is 10.8. The summed E-state index contributed by atoms with van der Waals surface area (Å²) in [6.07, 6.45) is 0. The van der Waals surface area contributed by atoms with Gasteiger partial charge in [-0.25, -0.2) is 0 Å². The molecule has 80 valence electrons. The van der Waals surface area contributed by atoms with E-state index in [4.69, 9.17) is 10.8 Å². The maximum absolute atomic E-state index is 12.7. The molecular weight excluding hydrogens is 217 g/mol. The highest BCUT2D eigenvalue weighted by molar-refractivity contribution is 7.88. The number of aliphatic carboxylic acids is 1. The molecule has 0 amide bonds. The first-order chi connectivity index (χ1) is 6.29. The van der Waals surface area contributed by atoms with Crippen molar-refractivity contribution in [2.45, 2.75) is 4.75 Å². The van der Waals surface area contributed by atoms with E-state index in [0.717, 1.165) is 0 Å². The lowest BCUT2D eigenvalue weighted by atomic mass is 10.1. The lowest BCUT2D eigenvalue weighted by Crippen LogP contribution is -2.59. The number of rotatable bonds is 2. The van der Waals surface area contributed by atoms with Crippen LogP contribution in [0.15, 0.2) is 4.99 Å². The fraction of sp³-hybridized carbons (Fsp3) is 0.600. The highest BCUT2D eigenvalue weighted by Gasteiger charge is 2.53. The van der Waals surface area contributed by atoms with Crippen LogP contribution in [-0.2, 0) is 15.0 Å². The molecular formula is C5H8FN3O4S. The molecule has 1 atom stereocenters. The van der Waals surface area contributed by atoms with Gasteiger partial charge in [0.15, 0.2) is 5.96 Å². The van der Waals surface area contributed by atoms with Crippen LogP contribution in [0.2, 0.25) is 0 Å². The average molecular weight is 225 g/mol. The molecule has 0 aromatic carbocycles. The third-order valence-corrected chi connectivity index (χ3v) is 3.30. The minimum Gasteiger partial charge on any atom is -0.480 e. The van der Waals surface area contributed by atoms with Gasteiger partial charge in [0.25, 0.3) is 0 Å². The molecule has 14 heavy (non-hydrogen) atoms. The Morgan fingerprint density at radius 2 is 2.29 bits per heavy atom. The fourth-order valence-electron chi connectivity index (χ4n) is 0.969. The topological polar surface area (TPSA) is 122 Å². The minimum absolute atomic E-state index is 0.106. The summed E-state index contributed by atoms with van der Waals surface area (Å²) in [7, 11) is -5.23. The first kappa shape index (κ1) is 10.7. The number of halogens is 1. The van der Waals surface area contributed by atoms with Crippen LogP contribution in [0.3, 0.4) is 0 Å². The summed E-state index contributed by atoms with van der Waals surface area (Å²) < 4.78 is 31.5. The lowest BCUT2D eigenvalue weighted by Gasteiger charge is -2.27. The Hall–Kier alpha value is -1.38. The van der Waals surface area contributed by atoms with Crippen molar-refractivity contribution in [1.82, 2.24) is 5.32 Å². The zero-order valence-electron chi connectivity index (χ0n) is 6.90. The van der Waals surface area contributed by atoms with Crippen LogP contribution >= 0.6 is 0 Å². The molecule has 1 unspecified atom stereocenters. The van der Waals surface area contributed by atoms with Gasteiger partial charge in [-0.2, -0.15) is 8.42 Å². The quantitative estimate of drug-likeness (QED) is 0.468. The van der Waals surface area contributed by atoms with Crippen LogP contribution in [-0.4, -0.2) is 43.3 Å². The predicted octanol–water partition coefficient (Wildman–Crippen LogP) is -1.97. The summed E-state index contributed by atoms with van der Waals surface area (Å²) in [5.41, 5.74) is 5.13. The van der Waals surface area contributed by atoms with Gasteiger partial charge in [0.05, 0.1) is 13.1 Å². The number of aliphatic imine (C=N–C) groups is 1. The van der Waals surface area contributed by atoms with Crippen molar-refractivity contribution < 1.29 is 22.2 Å². The van der Waals surface area contributed by atoms with E-state index in [1.807, 2.05) is 0 Å². The van der Waals surface area contributed by atoms with E-state index in [1.165, 1.54) is 0 Å². The van der Waals surface area contributed by atoms with E-state index in [-0.39, 0.29) is 5.96 Å². The highest BCUT2D eigenvalue weighted by atomic mass is 32.3. The average Bonchev–Trinajstić information content (AvgIpc) is 2.02. The van der Waals surface area contributed by atoms with E-state index in [2.05, 4.69) is 10.3 Å². The number of carboxylic acid groups (broad SMARTS) is 1. The van der Waals surface area contributed by atoms with E-state index in [9.17, 15) is 17.1 Å². The lowest BCUT2D eigenvalue weighted by molar-refractivity contribution is -0.139. The van der Waals surface area contributed by atoms with Crippen molar-refractivity contribution in [3.63, 3.8) is 0 Å². The molecule has 0 spiro atoms. The molecule has 0 aromatic rings. The largest absolute Gasteiger partial charge is 0.480 e. The van der Waals surface area contributed by atoms with Gasteiger partial charge in [-0.05, 0) is 0 Å². The standard InChI is InChI=1S/C5H8FN3O4S/c6-14(12,13)5(3(10)11)1-8-4(7)9-2-5/h1-2H2,(H,10,11)(H3,7,8,9). The maximum atomic E-state index is 12.7. The summed E-state index contributed by atoms with van der Waals surface area (Å²) >= 11 is 0. The third kappa shape index (κ3) is 1.50. The zero-order valence-corrected chi connectivity index (χ0v) is 7.71. The van der Waals surface area contributed by atoms with Gasteiger partial charge in [0, 0.05) is 0 Å². The fourth-order valence-corrected chi connectivity index (χ4v) is 1.64. The molecule has 9 heteroatoms. The molecule has 0 aromatic heterocycles. The summed E-state index contributed by atoms with van der Waals surface area (Å²) in [6, 6.07) is 0. The number of nitrogens with zero attached hydrogens (tertiary/aromatic N) is 1. The summed E-state index contributed by atoms with van der Waals surface area (Å²) in [4.78, 5) is 14.0. The van der Waals surface area contributed by atoms with E-state index >= 15 is 0 Å². The molecule has 1 aliphatic heterocycles. The molecule has 0 radical (unpaired) electrons. The number of hydrogen-bond donors (Lipinski definition) is 3. The molecule has 4 N–H and O–H groups in total. The van der Waals surface area contributed by atoms with Crippen molar-refractivity contribution in [2.24, 2.45) is 10.7 Å². The zero-order chi connectivity index (χ0) is 11.0. The number of carboxylic acids is 1. The van der Waals surface area contributed by atoms with Gasteiger partial charge >= 0.3 is 16.2 Å². The number of nitrogens with two attached hydrogens (primary N) is 1. The normalized spacial score (nSPS) is 27.6. The predicted molar refractivity (Wildman–Crippen MR) is 44.9 cm³/mol. The number of hydrogen-bond acceptors (Lipinski definition) is 6. The van der Waals surface area contributed by atoms with Crippen molar-refractivity contribution in [1.29, 1.82) is 0 Å². The van der Waals surface area contributed by atoms with Crippen LogP contribution in [0, 0.1) is 0 Å². The van der Waals surface area contributed by atoms with Crippen molar-refractivity contribution >= 4 is 22.2 Å². The van der Waals surface area contributed by atoms with Crippen molar-refractivity contribution in [3.8, 4) is 0 Å². The molecule has 1 heterocycles. The second-order valence-corrected chi connectivity index (χ2v) is 4.45. The molecule has 0 saturated carbocycles. The molecule has 7 nitrogen and oxygen atoms in total. The molecule has 0 fully saturated rings. The first-order valence-electron chi connectivity index (χ1n) is 3.51. The van der Waals surface area contributed by atoms with E-state index < -0.39 is 34.0 Å². The van der Waals surface area contributed by atoms with Crippen molar-refractivity contribution in [3.05, 3.63) is 0 Å². The van der Waals surface area contributed by atoms with Gasteiger partial charge in [-0.3, -0.25) is 9.79 Å². The molecule has 1 rings (SSSR count). The maximum Gasteiger partial charge on any atom is 0.331 e. The minimum atomic E-state index is -5.23. The molecule has 0 saturated heterocycles. The Morgan fingerprint density at radius 3 is 2.57 bits per heavy atom. The highest BCUT2D eigenvalue weighted by Crippen LogP contribution is 2.22. The van der Waals surface area contributed by atoms with Gasteiger partial charge < -0.3 is 16.2 Å². The van der Waals surface area contributed by atoms with Crippen LogP contribution in [0.25, 0.3) is 0 Å². The molecule has 0 aliphatic carbocycles. The Bertz CT molecular complexity index is 392. The van der Waals surface area contributed by atoms with Gasteiger partial charge in [-0.1, -0.05) is 0 Å². The second kappa shape index (κ2) is 3.08. The smallest absolute Gasteiger partial charge is 0.331 e. The van der Waals surface area contributed by atoms with Crippen molar-refractivity contribution in [2.75, 3.05) is 13.1 Å². The van der Waals surface area contributed by atoms with Crippen LogP contribution < -0.4 is 11.1 Å². The summed E-state index contributed by atoms with van der Waals surface area (Å²) in [5.74, 6) is -1.89. The number of carbonyl (C=O) groups is 1. The van der Waals surface area contributed by atoms with Gasteiger partial charge in [-0.15, -0.1) is 3.89 Å². The number of nitrogens with one attached hydrogen (secondary N) is 1. The molecule has 0 bridgehead atoms. The monoisotopic (exact) mass is 225 g/mol. The second-order valence-electron chi connectivity index (χ2n) is 2.79. The Morgan fingerprint density at radius 1 is 1.71 bits per heavy atom.